The quantitative estimate of drug-likeness (QED) is 0.608. The van der Waals surface area contributed by atoms with Gasteiger partial charge in [0, 0.05) is 6.54 Å². The summed E-state index contributed by atoms with van der Waals surface area (Å²) in [7, 11) is 0. The lowest BCUT2D eigenvalue weighted by Gasteiger charge is -2.10. The first-order valence-corrected chi connectivity index (χ1v) is 9.18. The molecule has 148 valence electrons. The minimum atomic E-state index is -4.38. The maximum absolute atomic E-state index is 12.1. The molecule has 9 heteroatoms. The van der Waals surface area contributed by atoms with E-state index in [0.717, 1.165) is 20.8 Å². The largest absolute Gasteiger partial charge is 0.484 e. The van der Waals surface area contributed by atoms with Gasteiger partial charge in [0.1, 0.15) is 17.4 Å². The number of nitrogens with zero attached hydrogens (tertiary/aromatic N) is 1. The van der Waals surface area contributed by atoms with E-state index in [9.17, 15) is 18.0 Å². The van der Waals surface area contributed by atoms with Gasteiger partial charge >= 0.3 is 6.18 Å². The van der Waals surface area contributed by atoms with E-state index in [-0.39, 0.29) is 31.4 Å². The Morgan fingerprint density at radius 1 is 1.11 bits per heavy atom. The highest BCUT2D eigenvalue weighted by molar-refractivity contribution is 7.18. The summed E-state index contributed by atoms with van der Waals surface area (Å²) in [6.07, 6.45) is -4.38. The smallest absolute Gasteiger partial charge is 0.422 e. The van der Waals surface area contributed by atoms with E-state index in [2.05, 4.69) is 15.0 Å². The Balaban J connectivity index is 1.38. The van der Waals surface area contributed by atoms with Crippen molar-refractivity contribution in [1.82, 2.24) is 10.3 Å². The van der Waals surface area contributed by atoms with E-state index in [4.69, 9.17) is 4.74 Å². The molecule has 2 aromatic carbocycles. The minimum absolute atomic E-state index is 0.108. The monoisotopic (exact) mass is 410 g/mol. The third-order valence-corrected chi connectivity index (χ3v) is 4.62. The van der Waals surface area contributed by atoms with Gasteiger partial charge in [0.05, 0.1) is 16.8 Å². The Labute approximate surface area is 163 Å². The zero-order valence-electron chi connectivity index (χ0n) is 14.7. The van der Waals surface area contributed by atoms with Crippen molar-refractivity contribution in [3.05, 3.63) is 59.1 Å². The summed E-state index contributed by atoms with van der Waals surface area (Å²) in [5.41, 5.74) is 1.64. The van der Waals surface area contributed by atoms with Crippen LogP contribution < -0.4 is 10.1 Å². The first kappa shape index (κ1) is 20.1. The molecule has 28 heavy (non-hydrogen) atoms. The molecule has 0 aliphatic rings. The maximum atomic E-state index is 12.1. The lowest BCUT2D eigenvalue weighted by Crippen LogP contribution is -2.27. The predicted octanol–water partition coefficient (Wildman–Crippen LogP) is 4.07. The number of halogens is 3. The number of carbonyl (C=O) groups excluding carboxylic acids is 1. The van der Waals surface area contributed by atoms with Gasteiger partial charge in [-0.2, -0.15) is 13.2 Å². The van der Waals surface area contributed by atoms with Gasteiger partial charge in [-0.1, -0.05) is 24.3 Å². The molecule has 0 bridgehead atoms. The summed E-state index contributed by atoms with van der Waals surface area (Å²) in [5, 5.41) is 3.48. The molecular weight excluding hydrogens is 393 g/mol. The van der Waals surface area contributed by atoms with Crippen LogP contribution in [0.1, 0.15) is 10.6 Å². The molecule has 0 atom stereocenters. The normalized spacial score (nSPS) is 11.5. The molecule has 3 aromatic rings. The molecule has 0 unspecified atom stereocenters. The van der Waals surface area contributed by atoms with Crippen molar-refractivity contribution in [2.45, 2.75) is 19.3 Å². The predicted molar refractivity (Wildman–Crippen MR) is 99.1 cm³/mol. The van der Waals surface area contributed by atoms with Crippen LogP contribution in [0.2, 0.25) is 0 Å². The minimum Gasteiger partial charge on any atom is -0.484 e. The zero-order valence-corrected chi connectivity index (χ0v) is 15.5. The van der Waals surface area contributed by atoms with E-state index in [1.54, 1.807) is 12.1 Å². The molecule has 1 aromatic heterocycles. The fourth-order valence-electron chi connectivity index (χ4n) is 2.33. The van der Waals surface area contributed by atoms with Gasteiger partial charge in [0.25, 0.3) is 0 Å². The number of benzene rings is 2. The fraction of sp³-hybridized carbons (Fsp3) is 0.263. The maximum Gasteiger partial charge on any atom is 0.422 e. The van der Waals surface area contributed by atoms with Crippen LogP contribution in [0.25, 0.3) is 10.2 Å². The van der Waals surface area contributed by atoms with E-state index < -0.39 is 12.8 Å². The number of para-hydroxylation sites is 1. The SMILES string of the molecule is O=C(COCc1nc2ccccc2s1)NCc1ccc(OCC(F)(F)F)cc1. The van der Waals surface area contributed by atoms with Crippen LogP contribution in [0.4, 0.5) is 13.2 Å². The number of aromatic nitrogens is 1. The summed E-state index contributed by atoms with van der Waals surface area (Å²) in [6.45, 7) is -0.960. The second kappa shape index (κ2) is 9.03. The molecule has 3 rings (SSSR count). The van der Waals surface area contributed by atoms with Gasteiger partial charge in [-0.25, -0.2) is 4.98 Å². The highest BCUT2D eigenvalue weighted by atomic mass is 32.1. The molecule has 0 radical (unpaired) electrons. The summed E-state index contributed by atoms with van der Waals surface area (Å²) in [4.78, 5) is 16.3. The van der Waals surface area contributed by atoms with Crippen molar-refractivity contribution in [3.63, 3.8) is 0 Å². The van der Waals surface area contributed by atoms with Crippen molar-refractivity contribution in [2.75, 3.05) is 13.2 Å². The highest BCUT2D eigenvalue weighted by Gasteiger charge is 2.28. The molecule has 0 fully saturated rings. The Hall–Kier alpha value is -2.65. The van der Waals surface area contributed by atoms with Crippen molar-refractivity contribution >= 4 is 27.5 Å². The summed E-state index contributed by atoms with van der Waals surface area (Å²) >= 11 is 1.52. The van der Waals surface area contributed by atoms with Crippen molar-refractivity contribution < 1.29 is 27.4 Å². The second-order valence-electron chi connectivity index (χ2n) is 5.89. The van der Waals surface area contributed by atoms with E-state index in [1.165, 1.54) is 23.5 Å². The number of rotatable bonds is 8. The van der Waals surface area contributed by atoms with Crippen LogP contribution in [0.3, 0.4) is 0 Å². The number of carbonyl (C=O) groups is 1. The molecule has 0 saturated carbocycles. The van der Waals surface area contributed by atoms with E-state index >= 15 is 0 Å². The standard InChI is InChI=1S/C19H17F3N2O3S/c20-19(21,22)12-27-14-7-5-13(6-8-14)9-23-17(25)10-26-11-18-24-15-3-1-2-4-16(15)28-18/h1-8H,9-12H2,(H,23,25). The molecule has 5 nitrogen and oxygen atoms in total. The molecule has 0 aliphatic carbocycles. The average molecular weight is 410 g/mol. The average Bonchev–Trinajstić information content (AvgIpc) is 3.08. The van der Waals surface area contributed by atoms with Crippen LogP contribution in [-0.2, 0) is 22.7 Å². The first-order valence-electron chi connectivity index (χ1n) is 8.36. The summed E-state index contributed by atoms with van der Waals surface area (Å²) in [5.74, 6) is -0.176. The number of hydrogen-bond acceptors (Lipinski definition) is 5. The Kier molecular flexibility index (Phi) is 6.48. The first-order chi connectivity index (χ1) is 13.4. The van der Waals surface area contributed by atoms with E-state index in [1.807, 2.05) is 24.3 Å². The molecule has 1 amide bonds. The molecule has 1 N–H and O–H groups in total. The van der Waals surface area contributed by atoms with Crippen LogP contribution in [0, 0.1) is 0 Å². The zero-order chi connectivity index (χ0) is 20.0. The number of amides is 1. The van der Waals surface area contributed by atoms with Gasteiger partial charge in [0.2, 0.25) is 5.91 Å². The molecule has 0 saturated heterocycles. The molecular formula is C19H17F3N2O3S. The summed E-state index contributed by atoms with van der Waals surface area (Å²) < 4.78 is 47.4. The number of nitrogens with one attached hydrogen (secondary N) is 1. The lowest BCUT2D eigenvalue weighted by atomic mass is 10.2. The third-order valence-electron chi connectivity index (χ3n) is 3.61. The number of hydrogen-bond donors (Lipinski definition) is 1. The molecule has 0 spiro atoms. The van der Waals surface area contributed by atoms with Crippen LogP contribution >= 0.6 is 11.3 Å². The summed E-state index contributed by atoms with van der Waals surface area (Å²) in [6, 6.07) is 13.8. The van der Waals surface area contributed by atoms with Gasteiger partial charge in [-0.3, -0.25) is 4.79 Å². The van der Waals surface area contributed by atoms with Crippen LogP contribution in [0.5, 0.6) is 5.75 Å². The van der Waals surface area contributed by atoms with Crippen molar-refractivity contribution in [1.29, 1.82) is 0 Å². The lowest BCUT2D eigenvalue weighted by molar-refractivity contribution is -0.153. The van der Waals surface area contributed by atoms with Gasteiger partial charge < -0.3 is 14.8 Å². The molecule has 1 heterocycles. The number of alkyl halides is 3. The van der Waals surface area contributed by atoms with Gasteiger partial charge in [-0.05, 0) is 29.8 Å². The fourth-order valence-corrected chi connectivity index (χ4v) is 3.24. The Morgan fingerprint density at radius 2 is 1.86 bits per heavy atom. The molecule has 0 aliphatic heterocycles. The van der Waals surface area contributed by atoms with Crippen molar-refractivity contribution in [2.24, 2.45) is 0 Å². The van der Waals surface area contributed by atoms with Crippen LogP contribution in [-0.4, -0.2) is 30.3 Å². The Bertz CT molecular complexity index is 893. The van der Waals surface area contributed by atoms with Gasteiger partial charge in [0.15, 0.2) is 6.61 Å². The number of thiazole rings is 1. The van der Waals surface area contributed by atoms with Gasteiger partial charge in [-0.15, -0.1) is 11.3 Å². The third kappa shape index (κ3) is 6.21. The number of fused-ring (bicyclic) bond motifs is 1. The van der Waals surface area contributed by atoms with E-state index in [0.29, 0.717) is 0 Å². The number of ether oxygens (including phenoxy) is 2. The second-order valence-corrected chi connectivity index (χ2v) is 7.01. The highest BCUT2D eigenvalue weighted by Crippen LogP contribution is 2.22. The topological polar surface area (TPSA) is 60.5 Å². The van der Waals surface area contributed by atoms with Crippen LogP contribution in [0.15, 0.2) is 48.5 Å². The Morgan fingerprint density at radius 3 is 2.57 bits per heavy atom. The van der Waals surface area contributed by atoms with Crippen molar-refractivity contribution in [3.8, 4) is 5.75 Å².